The number of hydrogen-bond donors (Lipinski definition) is 2. The molecule has 1 saturated carbocycles. The molecule has 4 nitrogen and oxygen atoms in total. The molecule has 1 aliphatic rings. The van der Waals surface area contributed by atoms with Crippen LogP contribution in [0.2, 0.25) is 5.02 Å². The Hall–Kier alpha value is -1.26. The lowest BCUT2D eigenvalue weighted by molar-refractivity contribution is 0.185. The minimum atomic E-state index is -0.195. The molecule has 1 aliphatic carbocycles. The van der Waals surface area contributed by atoms with E-state index < -0.39 is 0 Å². The number of hydrogen-bond acceptors (Lipinski definition) is 2. The number of nitrogens with zero attached hydrogens (tertiary/aromatic N) is 1. The first-order valence-corrected chi connectivity index (χ1v) is 6.44. The van der Waals surface area contributed by atoms with Gasteiger partial charge in [0.25, 0.3) is 0 Å². The summed E-state index contributed by atoms with van der Waals surface area (Å²) in [5.41, 5.74) is 1.65. The number of amides is 2. The summed E-state index contributed by atoms with van der Waals surface area (Å²) in [6.45, 7) is 2.28. The first-order valence-electron chi connectivity index (χ1n) is 6.06. The summed E-state index contributed by atoms with van der Waals surface area (Å²) in [7, 11) is 0. The Morgan fingerprint density at radius 3 is 2.89 bits per heavy atom. The third-order valence-corrected chi connectivity index (χ3v) is 3.28. The number of halogens is 1. The van der Waals surface area contributed by atoms with E-state index in [9.17, 15) is 4.79 Å². The molecule has 1 fully saturated rings. The van der Waals surface area contributed by atoms with Gasteiger partial charge in [-0.3, -0.25) is 0 Å². The van der Waals surface area contributed by atoms with Gasteiger partial charge in [0.2, 0.25) is 0 Å². The highest BCUT2D eigenvalue weighted by Gasteiger charge is 2.32. The summed E-state index contributed by atoms with van der Waals surface area (Å²) in [4.78, 5) is 13.8. The Morgan fingerprint density at radius 1 is 1.56 bits per heavy atom. The molecule has 0 spiro atoms. The number of carbonyl (C=O) groups excluding carboxylic acids is 1. The zero-order chi connectivity index (χ0) is 13.1. The van der Waals surface area contributed by atoms with E-state index in [2.05, 4.69) is 5.32 Å². The number of nitrogens with one attached hydrogen (secondary N) is 1. The van der Waals surface area contributed by atoms with Crippen LogP contribution in [0.15, 0.2) is 18.2 Å². The molecule has 5 heteroatoms. The molecule has 1 aromatic rings. The van der Waals surface area contributed by atoms with Crippen molar-refractivity contribution in [1.29, 1.82) is 0 Å². The molecule has 0 unspecified atom stereocenters. The molecule has 18 heavy (non-hydrogen) atoms. The van der Waals surface area contributed by atoms with Gasteiger partial charge in [-0.05, 0) is 37.5 Å². The fourth-order valence-corrected chi connectivity index (χ4v) is 2.03. The quantitative estimate of drug-likeness (QED) is 0.882. The topological polar surface area (TPSA) is 52.6 Å². The minimum absolute atomic E-state index is 0.0224. The normalized spacial score (nSPS) is 14.4. The Balaban J connectivity index is 2.07. The summed E-state index contributed by atoms with van der Waals surface area (Å²) in [5.74, 6) is 0. The SMILES string of the molecule is Cc1ccc(Cl)c(NC(=O)N(CCO)C2CC2)c1. The van der Waals surface area contributed by atoms with Crippen molar-refractivity contribution >= 4 is 23.3 Å². The van der Waals surface area contributed by atoms with Gasteiger partial charge in [0, 0.05) is 12.6 Å². The van der Waals surface area contributed by atoms with Crippen LogP contribution >= 0.6 is 11.6 Å². The summed E-state index contributed by atoms with van der Waals surface area (Å²) >= 11 is 6.03. The second-order valence-corrected chi connectivity index (χ2v) is 4.97. The zero-order valence-electron chi connectivity index (χ0n) is 10.3. The number of anilines is 1. The third kappa shape index (κ3) is 3.15. The molecule has 0 aromatic heterocycles. The molecule has 2 N–H and O–H groups in total. The molecular formula is C13H17ClN2O2. The predicted octanol–water partition coefficient (Wildman–Crippen LogP) is 2.64. The molecular weight excluding hydrogens is 252 g/mol. The maximum atomic E-state index is 12.1. The molecule has 0 saturated heterocycles. The molecule has 0 radical (unpaired) electrons. The van der Waals surface area contributed by atoms with Crippen molar-refractivity contribution in [3.8, 4) is 0 Å². The second kappa shape index (κ2) is 5.59. The van der Waals surface area contributed by atoms with E-state index in [4.69, 9.17) is 16.7 Å². The Bertz CT molecular complexity index is 447. The molecule has 2 rings (SSSR count). The van der Waals surface area contributed by atoms with Crippen molar-refractivity contribution in [1.82, 2.24) is 4.90 Å². The number of aliphatic hydroxyl groups excluding tert-OH is 1. The Morgan fingerprint density at radius 2 is 2.28 bits per heavy atom. The predicted molar refractivity (Wildman–Crippen MR) is 72.0 cm³/mol. The Kier molecular flexibility index (Phi) is 4.09. The van der Waals surface area contributed by atoms with Crippen molar-refractivity contribution in [2.75, 3.05) is 18.5 Å². The fraction of sp³-hybridized carbons (Fsp3) is 0.462. The highest BCUT2D eigenvalue weighted by Crippen LogP contribution is 2.28. The van der Waals surface area contributed by atoms with Crippen LogP contribution in [0.1, 0.15) is 18.4 Å². The van der Waals surface area contributed by atoms with Crippen LogP contribution in [0, 0.1) is 6.92 Å². The molecule has 2 amide bonds. The number of aryl methyl sites for hydroxylation is 1. The van der Waals surface area contributed by atoms with Crippen LogP contribution in [-0.4, -0.2) is 35.2 Å². The van der Waals surface area contributed by atoms with Gasteiger partial charge in [0.15, 0.2) is 0 Å². The van der Waals surface area contributed by atoms with Gasteiger partial charge in [0.1, 0.15) is 0 Å². The number of aliphatic hydroxyl groups is 1. The van der Waals surface area contributed by atoms with Gasteiger partial charge in [-0.2, -0.15) is 0 Å². The molecule has 0 bridgehead atoms. The van der Waals surface area contributed by atoms with Crippen molar-refractivity contribution in [3.63, 3.8) is 0 Å². The lowest BCUT2D eigenvalue weighted by Crippen LogP contribution is -2.38. The average molecular weight is 269 g/mol. The van der Waals surface area contributed by atoms with E-state index in [1.807, 2.05) is 19.1 Å². The minimum Gasteiger partial charge on any atom is -0.395 e. The fourth-order valence-electron chi connectivity index (χ4n) is 1.87. The van der Waals surface area contributed by atoms with Gasteiger partial charge in [-0.25, -0.2) is 4.79 Å². The van der Waals surface area contributed by atoms with E-state index in [1.54, 1.807) is 11.0 Å². The number of carbonyl (C=O) groups is 1. The van der Waals surface area contributed by atoms with Crippen LogP contribution in [0.5, 0.6) is 0 Å². The Labute approximate surface area is 112 Å². The van der Waals surface area contributed by atoms with Gasteiger partial charge < -0.3 is 15.3 Å². The van der Waals surface area contributed by atoms with Crippen molar-refractivity contribution in [2.24, 2.45) is 0 Å². The molecule has 0 atom stereocenters. The molecule has 0 aliphatic heterocycles. The summed E-state index contributed by atoms with van der Waals surface area (Å²) in [6.07, 6.45) is 2.02. The highest BCUT2D eigenvalue weighted by atomic mass is 35.5. The van der Waals surface area contributed by atoms with E-state index >= 15 is 0 Å². The van der Waals surface area contributed by atoms with Crippen molar-refractivity contribution < 1.29 is 9.90 Å². The number of rotatable bonds is 4. The van der Waals surface area contributed by atoms with Gasteiger partial charge in [-0.15, -0.1) is 0 Å². The molecule has 98 valence electrons. The number of benzene rings is 1. The first kappa shape index (κ1) is 13.2. The van der Waals surface area contributed by atoms with Crippen molar-refractivity contribution in [2.45, 2.75) is 25.8 Å². The third-order valence-electron chi connectivity index (χ3n) is 2.95. The van der Waals surface area contributed by atoms with E-state index in [1.165, 1.54) is 0 Å². The van der Waals surface area contributed by atoms with Crippen LogP contribution in [0.4, 0.5) is 10.5 Å². The standard InChI is InChI=1S/C13H17ClN2O2/c1-9-2-5-11(14)12(8-9)15-13(18)16(6-7-17)10-3-4-10/h2,5,8,10,17H,3-4,6-7H2,1H3,(H,15,18). The van der Waals surface area contributed by atoms with E-state index in [0.717, 1.165) is 18.4 Å². The summed E-state index contributed by atoms with van der Waals surface area (Å²) < 4.78 is 0. The lowest BCUT2D eigenvalue weighted by Gasteiger charge is -2.22. The van der Waals surface area contributed by atoms with Gasteiger partial charge in [-0.1, -0.05) is 17.7 Å². The highest BCUT2D eigenvalue weighted by molar-refractivity contribution is 6.33. The average Bonchev–Trinajstić information content (AvgIpc) is 3.14. The van der Waals surface area contributed by atoms with Gasteiger partial charge >= 0.3 is 6.03 Å². The molecule has 0 heterocycles. The smallest absolute Gasteiger partial charge is 0.322 e. The van der Waals surface area contributed by atoms with Crippen LogP contribution in [-0.2, 0) is 0 Å². The van der Waals surface area contributed by atoms with E-state index in [0.29, 0.717) is 17.3 Å². The van der Waals surface area contributed by atoms with Crippen LogP contribution in [0.3, 0.4) is 0 Å². The second-order valence-electron chi connectivity index (χ2n) is 4.56. The van der Waals surface area contributed by atoms with Crippen LogP contribution < -0.4 is 5.32 Å². The van der Waals surface area contributed by atoms with E-state index in [-0.39, 0.29) is 18.7 Å². The van der Waals surface area contributed by atoms with Gasteiger partial charge in [0.05, 0.1) is 17.3 Å². The van der Waals surface area contributed by atoms with Crippen molar-refractivity contribution in [3.05, 3.63) is 28.8 Å². The zero-order valence-corrected chi connectivity index (χ0v) is 11.1. The first-order chi connectivity index (χ1) is 8.61. The maximum Gasteiger partial charge on any atom is 0.322 e. The summed E-state index contributed by atoms with van der Waals surface area (Å²) in [5, 5.41) is 12.3. The molecule has 1 aromatic carbocycles. The number of urea groups is 1. The lowest BCUT2D eigenvalue weighted by atomic mass is 10.2. The monoisotopic (exact) mass is 268 g/mol. The van der Waals surface area contributed by atoms with Crippen LogP contribution in [0.25, 0.3) is 0 Å². The maximum absolute atomic E-state index is 12.1. The largest absolute Gasteiger partial charge is 0.395 e. The summed E-state index contributed by atoms with van der Waals surface area (Å²) in [6, 6.07) is 5.56.